The van der Waals surface area contributed by atoms with Gasteiger partial charge in [0.15, 0.2) is 0 Å². The van der Waals surface area contributed by atoms with E-state index in [-0.39, 0.29) is 5.91 Å². The number of rotatable bonds is 5. The first-order valence-corrected chi connectivity index (χ1v) is 7.79. The second kappa shape index (κ2) is 7.44. The lowest BCUT2D eigenvalue weighted by Gasteiger charge is -2.33. The molecule has 1 aliphatic heterocycles. The first-order valence-electron chi connectivity index (χ1n) is 7.79. The number of amides is 1. The van der Waals surface area contributed by atoms with Gasteiger partial charge in [-0.15, -0.1) is 0 Å². The molecule has 0 radical (unpaired) electrons. The van der Waals surface area contributed by atoms with Gasteiger partial charge < -0.3 is 10.6 Å². The van der Waals surface area contributed by atoms with Crippen LogP contribution < -0.4 is 5.73 Å². The quantitative estimate of drug-likeness (QED) is 0.897. The molecule has 0 spiro atoms. The minimum Gasteiger partial charge on any atom is -0.341 e. The number of likely N-dealkylation sites (tertiary alicyclic amines) is 1. The second-order valence-corrected chi connectivity index (χ2v) is 5.85. The highest BCUT2D eigenvalue weighted by atomic mass is 16.2. The Labute approximate surface area is 122 Å². The van der Waals surface area contributed by atoms with Gasteiger partial charge in [0, 0.05) is 13.1 Å². The van der Waals surface area contributed by atoms with Crippen LogP contribution in [0.3, 0.4) is 0 Å². The number of benzene rings is 1. The van der Waals surface area contributed by atoms with Crippen molar-refractivity contribution in [2.75, 3.05) is 13.1 Å². The molecule has 0 aliphatic carbocycles. The summed E-state index contributed by atoms with van der Waals surface area (Å²) in [7, 11) is 0. The van der Waals surface area contributed by atoms with Crippen LogP contribution in [0.5, 0.6) is 0 Å². The van der Waals surface area contributed by atoms with Gasteiger partial charge in [0.2, 0.25) is 5.91 Å². The predicted molar refractivity (Wildman–Crippen MR) is 82.3 cm³/mol. The summed E-state index contributed by atoms with van der Waals surface area (Å²) in [6.07, 6.45) is 5.44. The monoisotopic (exact) mass is 274 g/mol. The molecule has 0 aromatic heterocycles. The average Bonchev–Trinajstić information content (AvgIpc) is 2.48. The maximum absolute atomic E-state index is 12.4. The third-order valence-corrected chi connectivity index (χ3v) is 4.24. The molecule has 1 aliphatic rings. The molecule has 0 unspecified atom stereocenters. The molecule has 3 heteroatoms. The van der Waals surface area contributed by atoms with Crippen LogP contribution in [0.1, 0.15) is 38.2 Å². The predicted octanol–water partition coefficient (Wildman–Crippen LogP) is 2.60. The van der Waals surface area contributed by atoms with Crippen LogP contribution in [0, 0.1) is 5.92 Å². The molecule has 3 nitrogen and oxygen atoms in total. The molecule has 20 heavy (non-hydrogen) atoms. The van der Waals surface area contributed by atoms with E-state index in [1.165, 1.54) is 12.8 Å². The van der Waals surface area contributed by atoms with Crippen molar-refractivity contribution in [1.29, 1.82) is 0 Å². The molecule has 2 N–H and O–H groups in total. The summed E-state index contributed by atoms with van der Waals surface area (Å²) in [4.78, 5) is 14.3. The van der Waals surface area contributed by atoms with Crippen LogP contribution in [0.25, 0.3) is 0 Å². The third-order valence-electron chi connectivity index (χ3n) is 4.24. The van der Waals surface area contributed by atoms with Crippen molar-refractivity contribution in [2.24, 2.45) is 11.7 Å². The van der Waals surface area contributed by atoms with Crippen molar-refractivity contribution in [2.45, 2.75) is 45.1 Å². The van der Waals surface area contributed by atoms with Crippen molar-refractivity contribution >= 4 is 5.91 Å². The molecular weight excluding hydrogens is 248 g/mol. The van der Waals surface area contributed by atoms with Gasteiger partial charge in [-0.2, -0.15) is 0 Å². The van der Waals surface area contributed by atoms with Crippen LogP contribution in [0.2, 0.25) is 0 Å². The fraction of sp³-hybridized carbons (Fsp3) is 0.588. The van der Waals surface area contributed by atoms with Crippen molar-refractivity contribution in [1.82, 2.24) is 4.90 Å². The van der Waals surface area contributed by atoms with Gasteiger partial charge in [0.1, 0.15) is 0 Å². The molecule has 1 aromatic rings. The molecule has 1 fully saturated rings. The first-order chi connectivity index (χ1) is 9.70. The highest BCUT2D eigenvalue weighted by molar-refractivity contribution is 5.82. The number of carbonyl (C=O) groups is 1. The fourth-order valence-electron chi connectivity index (χ4n) is 3.04. The molecule has 2 rings (SSSR count). The lowest BCUT2D eigenvalue weighted by atomic mass is 9.92. The van der Waals surface area contributed by atoms with E-state index in [1.807, 2.05) is 35.2 Å². The molecule has 1 aromatic carbocycles. The Morgan fingerprint density at radius 1 is 1.30 bits per heavy atom. The van der Waals surface area contributed by atoms with E-state index < -0.39 is 6.04 Å². The summed E-state index contributed by atoms with van der Waals surface area (Å²) in [5.74, 6) is 0.915. The molecule has 0 saturated carbocycles. The first kappa shape index (κ1) is 15.0. The summed E-state index contributed by atoms with van der Waals surface area (Å²) in [6.45, 7) is 3.99. The van der Waals surface area contributed by atoms with Crippen LogP contribution in [-0.4, -0.2) is 29.9 Å². The van der Waals surface area contributed by atoms with E-state index in [0.717, 1.165) is 37.4 Å². The zero-order chi connectivity index (χ0) is 14.4. The van der Waals surface area contributed by atoms with Crippen LogP contribution in [0.15, 0.2) is 30.3 Å². The Morgan fingerprint density at radius 2 is 1.95 bits per heavy atom. The van der Waals surface area contributed by atoms with Crippen molar-refractivity contribution in [3.8, 4) is 0 Å². The van der Waals surface area contributed by atoms with Crippen LogP contribution in [0.4, 0.5) is 0 Å². The maximum Gasteiger partial charge on any atom is 0.239 e. The highest BCUT2D eigenvalue weighted by Gasteiger charge is 2.25. The average molecular weight is 274 g/mol. The minimum absolute atomic E-state index is 0.115. The number of nitrogens with zero attached hydrogens (tertiary/aromatic N) is 1. The van der Waals surface area contributed by atoms with Gasteiger partial charge >= 0.3 is 0 Å². The van der Waals surface area contributed by atoms with Gasteiger partial charge in [0.25, 0.3) is 0 Å². The number of carbonyl (C=O) groups excluding carboxylic acids is 1. The van der Waals surface area contributed by atoms with E-state index in [4.69, 9.17) is 5.73 Å². The van der Waals surface area contributed by atoms with Crippen molar-refractivity contribution in [3.63, 3.8) is 0 Å². The molecule has 1 atom stereocenters. The van der Waals surface area contributed by atoms with Gasteiger partial charge in [-0.1, -0.05) is 50.1 Å². The molecular formula is C17H26N2O. The standard InChI is InChI=1S/C17H26N2O/c1-2-6-14-9-11-19(12-10-14)17(20)16(18)13-15-7-4-3-5-8-15/h3-5,7-8,14,16H,2,6,9-13,18H2,1H3/t16-/m1/s1. The fourth-order valence-corrected chi connectivity index (χ4v) is 3.04. The Kier molecular flexibility index (Phi) is 5.60. The lowest BCUT2D eigenvalue weighted by Crippen LogP contribution is -2.48. The summed E-state index contributed by atoms with van der Waals surface area (Å²) >= 11 is 0. The zero-order valence-corrected chi connectivity index (χ0v) is 12.4. The van der Waals surface area contributed by atoms with Gasteiger partial charge in [0.05, 0.1) is 6.04 Å². The topological polar surface area (TPSA) is 46.3 Å². The molecule has 110 valence electrons. The number of piperidine rings is 1. The molecule has 1 heterocycles. The largest absolute Gasteiger partial charge is 0.341 e. The third kappa shape index (κ3) is 4.07. The smallest absolute Gasteiger partial charge is 0.239 e. The highest BCUT2D eigenvalue weighted by Crippen LogP contribution is 2.22. The molecule has 0 bridgehead atoms. The van der Waals surface area contributed by atoms with Crippen molar-refractivity contribution in [3.05, 3.63) is 35.9 Å². The van der Waals surface area contributed by atoms with E-state index in [2.05, 4.69) is 6.92 Å². The van der Waals surface area contributed by atoms with E-state index in [1.54, 1.807) is 0 Å². The Balaban J connectivity index is 1.82. The van der Waals surface area contributed by atoms with E-state index in [0.29, 0.717) is 6.42 Å². The minimum atomic E-state index is -0.403. The Morgan fingerprint density at radius 3 is 2.55 bits per heavy atom. The van der Waals surface area contributed by atoms with Crippen LogP contribution in [-0.2, 0) is 11.2 Å². The number of hydrogen-bond acceptors (Lipinski definition) is 2. The summed E-state index contributed by atoms with van der Waals surface area (Å²) in [6, 6.07) is 9.61. The SMILES string of the molecule is CCCC1CCN(C(=O)[C@H](N)Cc2ccccc2)CC1. The van der Waals surface area contributed by atoms with Crippen molar-refractivity contribution < 1.29 is 4.79 Å². The summed E-state index contributed by atoms with van der Waals surface area (Å²) < 4.78 is 0. The Hall–Kier alpha value is -1.35. The zero-order valence-electron chi connectivity index (χ0n) is 12.4. The molecule has 1 amide bonds. The normalized spacial score (nSPS) is 18.0. The van der Waals surface area contributed by atoms with Gasteiger partial charge in [-0.05, 0) is 30.7 Å². The van der Waals surface area contributed by atoms with Crippen LogP contribution >= 0.6 is 0 Å². The van der Waals surface area contributed by atoms with Gasteiger partial charge in [-0.3, -0.25) is 4.79 Å². The number of hydrogen-bond donors (Lipinski definition) is 1. The maximum atomic E-state index is 12.4. The second-order valence-electron chi connectivity index (χ2n) is 5.85. The lowest BCUT2D eigenvalue weighted by molar-refractivity contribution is -0.134. The summed E-state index contributed by atoms with van der Waals surface area (Å²) in [5.41, 5.74) is 7.22. The van der Waals surface area contributed by atoms with Gasteiger partial charge in [-0.25, -0.2) is 0 Å². The van der Waals surface area contributed by atoms with E-state index >= 15 is 0 Å². The Bertz CT molecular complexity index is 410. The molecule has 1 saturated heterocycles. The van der Waals surface area contributed by atoms with E-state index in [9.17, 15) is 4.79 Å². The number of nitrogens with two attached hydrogens (primary N) is 1. The summed E-state index contributed by atoms with van der Waals surface area (Å²) in [5, 5.41) is 0.